The predicted octanol–water partition coefficient (Wildman–Crippen LogP) is 3.96. The number of rotatable bonds is 12. The number of nitrogens with one attached hydrogen (secondary N) is 3. The molecule has 0 radical (unpaired) electrons. The van der Waals surface area contributed by atoms with Crippen molar-refractivity contribution in [3.63, 3.8) is 0 Å². The van der Waals surface area contributed by atoms with Gasteiger partial charge in [-0.15, -0.1) is 0 Å². The molecule has 1 aliphatic rings. The molecule has 1 aromatic heterocycles. The third kappa shape index (κ3) is 8.00. The average molecular weight is 661 g/mol. The second-order valence-electron chi connectivity index (χ2n) is 11.4. The molecule has 6 atom stereocenters. The van der Waals surface area contributed by atoms with Gasteiger partial charge in [-0.2, -0.15) is 5.09 Å². The predicted molar refractivity (Wildman–Crippen MR) is 167 cm³/mol. The van der Waals surface area contributed by atoms with Gasteiger partial charge in [0.2, 0.25) is 0 Å². The van der Waals surface area contributed by atoms with E-state index in [1.165, 1.54) is 13.8 Å². The molecule has 1 aliphatic heterocycles. The smallest absolute Gasteiger partial charge is 0.459 e. The first-order valence-corrected chi connectivity index (χ1v) is 16.2. The van der Waals surface area contributed by atoms with Gasteiger partial charge >= 0.3 is 19.4 Å². The number of esters is 1. The van der Waals surface area contributed by atoms with Gasteiger partial charge in [-0.1, -0.05) is 31.2 Å². The summed E-state index contributed by atoms with van der Waals surface area (Å²) in [4.78, 5) is 50.6. The third-order valence-corrected chi connectivity index (χ3v) is 9.21. The molecular formula is C31H38FN4O9P. The zero-order chi connectivity index (χ0) is 33.8. The Morgan fingerprint density at radius 3 is 2.43 bits per heavy atom. The van der Waals surface area contributed by atoms with E-state index in [1.807, 2.05) is 6.07 Å². The summed E-state index contributed by atoms with van der Waals surface area (Å²) < 4.78 is 53.6. The van der Waals surface area contributed by atoms with E-state index in [-0.39, 0.29) is 11.7 Å². The summed E-state index contributed by atoms with van der Waals surface area (Å²) in [7, 11) is -2.82. The Morgan fingerprint density at radius 1 is 1.11 bits per heavy atom. The summed E-state index contributed by atoms with van der Waals surface area (Å²) in [6.07, 6.45) is -1.72. The van der Waals surface area contributed by atoms with Gasteiger partial charge in [0, 0.05) is 30.8 Å². The van der Waals surface area contributed by atoms with E-state index in [1.54, 1.807) is 70.3 Å². The Bertz CT molecular complexity index is 1720. The minimum absolute atomic E-state index is 0.125. The molecule has 1 amide bonds. The largest absolute Gasteiger partial charge is 0.462 e. The summed E-state index contributed by atoms with van der Waals surface area (Å²) in [5, 5.41) is 5.17. The first-order chi connectivity index (χ1) is 21.6. The lowest BCUT2D eigenvalue weighted by Gasteiger charge is -2.26. The van der Waals surface area contributed by atoms with Crippen LogP contribution in [0.2, 0.25) is 0 Å². The quantitative estimate of drug-likeness (QED) is 0.191. The van der Waals surface area contributed by atoms with E-state index in [2.05, 4.69) is 15.4 Å². The van der Waals surface area contributed by atoms with E-state index in [0.717, 1.165) is 28.0 Å². The maximum Gasteiger partial charge on any atom is 0.459 e. The van der Waals surface area contributed by atoms with Crippen molar-refractivity contribution in [2.45, 2.75) is 64.8 Å². The van der Waals surface area contributed by atoms with Crippen molar-refractivity contribution >= 4 is 19.6 Å². The highest BCUT2D eigenvalue weighted by molar-refractivity contribution is 7.52. The number of alkyl halides is 1. The van der Waals surface area contributed by atoms with Gasteiger partial charge in [-0.25, -0.2) is 13.8 Å². The highest BCUT2D eigenvalue weighted by Crippen LogP contribution is 2.49. The molecule has 46 heavy (non-hydrogen) atoms. The monoisotopic (exact) mass is 660 g/mol. The van der Waals surface area contributed by atoms with Crippen molar-refractivity contribution in [1.82, 2.24) is 20.0 Å². The first kappa shape index (κ1) is 34.8. The molecule has 1 unspecified atom stereocenters. The SMILES string of the molecule is CNC(=O)c1cccc(-c2ccc(OP(=O)(N[C@@H](C)C(=O)OC(C)C)OC[C@H]3O[C@@H](n4ccc(=O)[nH]c4=O)[C@](C)(F)[C@@H]3C)cc2)c1. The van der Waals surface area contributed by atoms with Crippen LogP contribution in [-0.2, 0) is 23.4 Å². The van der Waals surface area contributed by atoms with E-state index < -0.39 is 67.6 Å². The number of ether oxygens (including phenoxy) is 2. The van der Waals surface area contributed by atoms with Crippen molar-refractivity contribution < 1.29 is 37.1 Å². The molecule has 1 saturated heterocycles. The van der Waals surface area contributed by atoms with Crippen LogP contribution in [0.5, 0.6) is 5.75 Å². The fraction of sp³-hybridized carbons (Fsp3) is 0.419. The van der Waals surface area contributed by atoms with Crippen molar-refractivity contribution in [2.75, 3.05) is 13.7 Å². The summed E-state index contributed by atoms with van der Waals surface area (Å²) in [6, 6.07) is 13.4. The number of amides is 1. The minimum Gasteiger partial charge on any atom is -0.462 e. The zero-order valence-electron chi connectivity index (χ0n) is 26.3. The number of carbonyl (C=O) groups is 2. The molecule has 3 aromatic rings. The topological polar surface area (TPSA) is 167 Å². The van der Waals surface area contributed by atoms with Crippen LogP contribution < -0.4 is 26.2 Å². The van der Waals surface area contributed by atoms with E-state index in [9.17, 15) is 23.7 Å². The molecule has 4 rings (SSSR count). The maximum atomic E-state index is 15.9. The molecule has 248 valence electrons. The van der Waals surface area contributed by atoms with Gasteiger partial charge in [-0.3, -0.25) is 28.5 Å². The van der Waals surface area contributed by atoms with Gasteiger partial charge in [0.15, 0.2) is 11.9 Å². The van der Waals surface area contributed by atoms with Gasteiger partial charge in [0.25, 0.3) is 11.5 Å². The van der Waals surface area contributed by atoms with Gasteiger partial charge in [0.1, 0.15) is 11.8 Å². The molecule has 2 heterocycles. The van der Waals surface area contributed by atoms with Crippen LogP contribution in [0.1, 0.15) is 51.2 Å². The lowest BCUT2D eigenvalue weighted by molar-refractivity contribution is -0.149. The second-order valence-corrected chi connectivity index (χ2v) is 13.1. The minimum atomic E-state index is -4.36. The Kier molecular flexibility index (Phi) is 10.7. The molecule has 1 fully saturated rings. The zero-order valence-corrected chi connectivity index (χ0v) is 27.2. The number of benzene rings is 2. The fourth-order valence-corrected chi connectivity index (χ4v) is 6.36. The van der Waals surface area contributed by atoms with Crippen molar-refractivity contribution in [1.29, 1.82) is 0 Å². The number of H-pyrrole nitrogens is 1. The first-order valence-electron chi connectivity index (χ1n) is 14.6. The van der Waals surface area contributed by atoms with Crippen LogP contribution in [0.4, 0.5) is 4.39 Å². The van der Waals surface area contributed by atoms with Crippen molar-refractivity contribution in [3.8, 4) is 16.9 Å². The summed E-state index contributed by atoms with van der Waals surface area (Å²) in [6.45, 7) is 7.11. The van der Waals surface area contributed by atoms with Crippen LogP contribution >= 0.6 is 7.75 Å². The highest BCUT2D eigenvalue weighted by atomic mass is 31.2. The standard InChI is InChI=1S/C31H38FN4O9P/c1-18(2)43-28(39)20(4)35-46(41,45-24-12-10-21(11-13-24)22-8-7-9-23(16-22)27(38)33-6)42-17-25-19(3)31(5,32)29(44-25)36-15-14-26(37)34-30(36)40/h7-16,18-20,25,29H,17H2,1-6H3,(H,33,38)(H,35,41)(H,34,37,40)/t19-,20+,25-,29-,31-,46?/m1/s1. The number of hydrogen-bond acceptors (Lipinski definition) is 9. The number of halogens is 1. The van der Waals surface area contributed by atoms with Crippen LogP contribution in [-0.4, -0.2) is 59.0 Å². The lowest BCUT2D eigenvalue weighted by atomic mass is 9.90. The number of nitrogens with zero attached hydrogens (tertiary/aromatic N) is 1. The van der Waals surface area contributed by atoms with Gasteiger partial charge in [-0.05, 0) is 63.1 Å². The molecule has 0 aliphatic carbocycles. The Balaban J connectivity index is 1.56. The molecule has 0 saturated carbocycles. The number of aromatic amines is 1. The van der Waals surface area contributed by atoms with Crippen LogP contribution in [0.3, 0.4) is 0 Å². The Morgan fingerprint density at radius 2 is 1.80 bits per heavy atom. The van der Waals surface area contributed by atoms with Gasteiger partial charge < -0.3 is 19.3 Å². The molecule has 0 bridgehead atoms. The summed E-state index contributed by atoms with van der Waals surface area (Å²) >= 11 is 0. The fourth-order valence-electron chi connectivity index (χ4n) is 4.86. The summed E-state index contributed by atoms with van der Waals surface area (Å²) in [5.74, 6) is -1.67. The maximum absolute atomic E-state index is 15.9. The summed E-state index contributed by atoms with van der Waals surface area (Å²) in [5.41, 5.74) is -1.61. The third-order valence-electron chi connectivity index (χ3n) is 7.57. The van der Waals surface area contributed by atoms with Crippen molar-refractivity contribution in [3.05, 3.63) is 87.2 Å². The second kappa shape index (κ2) is 14.1. The van der Waals surface area contributed by atoms with E-state index >= 15 is 4.39 Å². The molecule has 0 spiro atoms. The Hall–Kier alpha value is -4.10. The number of carbonyl (C=O) groups excluding carboxylic acids is 2. The molecule has 2 aromatic carbocycles. The highest BCUT2D eigenvalue weighted by Gasteiger charge is 2.54. The molecule has 3 N–H and O–H groups in total. The van der Waals surface area contributed by atoms with Crippen LogP contribution in [0, 0.1) is 5.92 Å². The normalized spacial score (nSPS) is 23.0. The molecular weight excluding hydrogens is 622 g/mol. The molecule has 13 nitrogen and oxygen atoms in total. The number of aromatic nitrogens is 2. The average Bonchev–Trinajstić information content (AvgIpc) is 3.23. The van der Waals surface area contributed by atoms with Gasteiger partial charge in [0.05, 0.1) is 18.8 Å². The van der Waals surface area contributed by atoms with Crippen LogP contribution in [0.15, 0.2) is 70.4 Å². The van der Waals surface area contributed by atoms with Crippen molar-refractivity contribution in [2.24, 2.45) is 5.92 Å². The Labute approximate surface area is 265 Å². The lowest BCUT2D eigenvalue weighted by Crippen LogP contribution is -2.40. The van der Waals surface area contributed by atoms with Crippen LogP contribution in [0.25, 0.3) is 11.1 Å². The van der Waals surface area contributed by atoms with E-state index in [4.69, 9.17) is 18.5 Å². The molecule has 15 heteroatoms. The van der Waals surface area contributed by atoms with E-state index in [0.29, 0.717) is 5.56 Å². The number of hydrogen-bond donors (Lipinski definition) is 3.